The van der Waals surface area contributed by atoms with E-state index < -0.39 is 0 Å². The number of nitrogens with zero attached hydrogens (tertiary/aromatic N) is 1. The van der Waals surface area contributed by atoms with Crippen molar-refractivity contribution in [1.82, 2.24) is 0 Å². The minimum absolute atomic E-state index is 0. The van der Waals surface area contributed by atoms with Crippen LogP contribution in [0.4, 0.5) is 5.69 Å². The lowest BCUT2D eigenvalue weighted by Gasteiger charge is -2.38. The van der Waals surface area contributed by atoms with Crippen LogP contribution in [0.5, 0.6) is 17.2 Å². The Morgan fingerprint density at radius 2 is 1.75 bits per heavy atom. The van der Waals surface area contributed by atoms with Crippen LogP contribution in [0, 0.1) is 5.92 Å². The third-order valence-electron chi connectivity index (χ3n) is 4.74. The Bertz CT molecular complexity index is 488. The topological polar surface area (TPSA) is 57.0 Å². The first kappa shape index (κ1) is 20.7. The number of rotatable bonds is 7. The van der Waals surface area contributed by atoms with Gasteiger partial charge in [-0.3, -0.25) is 0 Å². The molecular weight excluding hydrogens is 328 g/mol. The first-order valence-corrected chi connectivity index (χ1v) is 8.45. The SMILES string of the molecule is CCCC[C@@H]1CN(c2cc(OC)c(OC)c(OC)c2)CC[C@@H]1N.Cl. The quantitative estimate of drug-likeness (QED) is 0.808. The molecule has 0 aromatic heterocycles. The van der Waals surface area contributed by atoms with Crippen LogP contribution in [-0.4, -0.2) is 40.5 Å². The highest BCUT2D eigenvalue weighted by Gasteiger charge is 2.27. The summed E-state index contributed by atoms with van der Waals surface area (Å²) in [6.45, 7) is 4.17. The summed E-state index contributed by atoms with van der Waals surface area (Å²) in [6, 6.07) is 4.35. The minimum Gasteiger partial charge on any atom is -0.493 e. The van der Waals surface area contributed by atoms with Gasteiger partial charge in [0.1, 0.15) is 0 Å². The van der Waals surface area contributed by atoms with Crippen molar-refractivity contribution in [3.63, 3.8) is 0 Å². The normalized spacial score (nSPS) is 20.3. The van der Waals surface area contributed by atoms with Crippen LogP contribution in [0.1, 0.15) is 32.6 Å². The van der Waals surface area contributed by atoms with Crippen molar-refractivity contribution in [1.29, 1.82) is 0 Å². The molecule has 2 rings (SSSR count). The monoisotopic (exact) mass is 358 g/mol. The predicted molar refractivity (Wildman–Crippen MR) is 101 cm³/mol. The van der Waals surface area contributed by atoms with E-state index in [4.69, 9.17) is 19.9 Å². The summed E-state index contributed by atoms with van der Waals surface area (Å²) in [4.78, 5) is 2.38. The van der Waals surface area contributed by atoms with E-state index in [0.29, 0.717) is 29.2 Å². The van der Waals surface area contributed by atoms with Crippen molar-refractivity contribution in [2.45, 2.75) is 38.6 Å². The fourth-order valence-corrected chi connectivity index (χ4v) is 3.31. The Morgan fingerprint density at radius 1 is 1.12 bits per heavy atom. The minimum atomic E-state index is 0. The fraction of sp³-hybridized carbons (Fsp3) is 0.667. The molecule has 138 valence electrons. The molecule has 2 atom stereocenters. The van der Waals surface area contributed by atoms with Crippen LogP contribution in [0.2, 0.25) is 0 Å². The highest BCUT2D eigenvalue weighted by molar-refractivity contribution is 5.85. The lowest BCUT2D eigenvalue weighted by atomic mass is 9.88. The second kappa shape index (κ2) is 9.84. The molecule has 0 unspecified atom stereocenters. The first-order chi connectivity index (χ1) is 11.1. The van der Waals surface area contributed by atoms with E-state index in [-0.39, 0.29) is 12.4 Å². The van der Waals surface area contributed by atoms with Crippen molar-refractivity contribution in [2.75, 3.05) is 39.3 Å². The van der Waals surface area contributed by atoms with Gasteiger partial charge in [0, 0.05) is 37.0 Å². The van der Waals surface area contributed by atoms with Crippen LogP contribution in [-0.2, 0) is 0 Å². The third-order valence-corrected chi connectivity index (χ3v) is 4.74. The van der Waals surface area contributed by atoms with E-state index in [0.717, 1.165) is 25.2 Å². The molecule has 1 aliphatic heterocycles. The zero-order valence-corrected chi connectivity index (χ0v) is 16.0. The van der Waals surface area contributed by atoms with Crippen LogP contribution >= 0.6 is 12.4 Å². The van der Waals surface area contributed by atoms with E-state index in [1.807, 2.05) is 12.1 Å². The zero-order valence-electron chi connectivity index (χ0n) is 15.2. The van der Waals surface area contributed by atoms with Crippen molar-refractivity contribution in [2.24, 2.45) is 11.7 Å². The predicted octanol–water partition coefficient (Wildman–Crippen LogP) is 3.48. The number of hydrogen-bond donors (Lipinski definition) is 1. The van der Waals surface area contributed by atoms with Gasteiger partial charge in [0.2, 0.25) is 5.75 Å². The maximum Gasteiger partial charge on any atom is 0.203 e. The smallest absolute Gasteiger partial charge is 0.203 e. The summed E-state index contributed by atoms with van der Waals surface area (Å²) in [5.41, 5.74) is 7.43. The summed E-state index contributed by atoms with van der Waals surface area (Å²) in [6.07, 6.45) is 4.67. The Hall–Kier alpha value is -1.33. The highest BCUT2D eigenvalue weighted by atomic mass is 35.5. The number of unbranched alkanes of at least 4 members (excludes halogenated alkanes) is 1. The lowest BCUT2D eigenvalue weighted by Crippen LogP contribution is -2.47. The van der Waals surface area contributed by atoms with E-state index >= 15 is 0 Å². The molecule has 0 radical (unpaired) electrons. The Balaban J connectivity index is 0.00000288. The van der Waals surface area contributed by atoms with Gasteiger partial charge in [0.25, 0.3) is 0 Å². The molecule has 1 fully saturated rings. The molecule has 1 aromatic carbocycles. The van der Waals surface area contributed by atoms with Gasteiger partial charge in [-0.15, -0.1) is 12.4 Å². The second-order valence-electron chi connectivity index (χ2n) is 6.18. The molecule has 0 saturated carbocycles. The van der Waals surface area contributed by atoms with Gasteiger partial charge in [0.15, 0.2) is 11.5 Å². The van der Waals surface area contributed by atoms with Gasteiger partial charge in [-0.2, -0.15) is 0 Å². The van der Waals surface area contributed by atoms with Crippen molar-refractivity contribution in [3.05, 3.63) is 12.1 Å². The van der Waals surface area contributed by atoms with Gasteiger partial charge in [0.05, 0.1) is 21.3 Å². The van der Waals surface area contributed by atoms with Crippen LogP contribution in [0.25, 0.3) is 0 Å². The van der Waals surface area contributed by atoms with E-state index in [1.165, 1.54) is 19.3 Å². The maximum atomic E-state index is 6.32. The van der Waals surface area contributed by atoms with E-state index in [2.05, 4.69) is 11.8 Å². The number of piperidine rings is 1. The molecule has 0 amide bonds. The second-order valence-corrected chi connectivity index (χ2v) is 6.18. The molecule has 0 bridgehead atoms. The molecule has 0 spiro atoms. The molecule has 1 heterocycles. The maximum absolute atomic E-state index is 6.32. The van der Waals surface area contributed by atoms with Gasteiger partial charge < -0.3 is 24.8 Å². The molecule has 1 saturated heterocycles. The third kappa shape index (κ3) is 4.61. The number of hydrogen-bond acceptors (Lipinski definition) is 5. The van der Waals surface area contributed by atoms with Crippen LogP contribution < -0.4 is 24.8 Å². The number of nitrogens with two attached hydrogens (primary N) is 1. The molecule has 0 aliphatic carbocycles. The first-order valence-electron chi connectivity index (χ1n) is 8.45. The van der Waals surface area contributed by atoms with Gasteiger partial charge >= 0.3 is 0 Å². The lowest BCUT2D eigenvalue weighted by molar-refractivity contribution is 0.320. The molecule has 6 heteroatoms. The van der Waals surface area contributed by atoms with E-state index in [1.54, 1.807) is 21.3 Å². The number of ether oxygens (including phenoxy) is 3. The molecular formula is C18H31ClN2O3. The highest BCUT2D eigenvalue weighted by Crippen LogP contribution is 2.41. The Kier molecular flexibility index (Phi) is 8.50. The van der Waals surface area contributed by atoms with Gasteiger partial charge in [-0.05, 0) is 18.8 Å². The number of methoxy groups -OCH3 is 3. The van der Waals surface area contributed by atoms with Gasteiger partial charge in [-0.1, -0.05) is 19.8 Å². The fourth-order valence-electron chi connectivity index (χ4n) is 3.31. The number of anilines is 1. The summed E-state index contributed by atoms with van der Waals surface area (Å²) in [5.74, 6) is 2.57. The molecule has 24 heavy (non-hydrogen) atoms. The Morgan fingerprint density at radius 3 is 2.25 bits per heavy atom. The Labute approximate surface area is 151 Å². The molecule has 2 N–H and O–H groups in total. The standard InChI is InChI=1S/C18H30N2O3.ClH/c1-5-6-7-13-12-20(9-8-15(13)19)14-10-16(21-2)18(23-4)17(11-14)22-3;/h10-11,13,15H,5-9,12,19H2,1-4H3;1H/t13-,15+;/m1./s1. The zero-order chi connectivity index (χ0) is 16.8. The van der Waals surface area contributed by atoms with Crippen LogP contribution in [0.3, 0.4) is 0 Å². The van der Waals surface area contributed by atoms with Crippen LogP contribution in [0.15, 0.2) is 12.1 Å². The molecule has 1 aliphatic rings. The molecule has 5 nitrogen and oxygen atoms in total. The summed E-state index contributed by atoms with van der Waals surface area (Å²) < 4.78 is 16.3. The summed E-state index contributed by atoms with van der Waals surface area (Å²) >= 11 is 0. The average molecular weight is 359 g/mol. The number of halogens is 1. The van der Waals surface area contributed by atoms with Crippen molar-refractivity contribution >= 4 is 18.1 Å². The van der Waals surface area contributed by atoms with Gasteiger partial charge in [-0.25, -0.2) is 0 Å². The summed E-state index contributed by atoms with van der Waals surface area (Å²) in [5, 5.41) is 0. The average Bonchev–Trinajstić information content (AvgIpc) is 2.59. The van der Waals surface area contributed by atoms with Crippen molar-refractivity contribution < 1.29 is 14.2 Å². The summed E-state index contributed by atoms with van der Waals surface area (Å²) in [7, 11) is 4.93. The van der Waals surface area contributed by atoms with Crippen molar-refractivity contribution in [3.8, 4) is 17.2 Å². The largest absolute Gasteiger partial charge is 0.493 e. The molecule has 1 aromatic rings. The number of benzene rings is 1. The van der Waals surface area contributed by atoms with E-state index in [9.17, 15) is 0 Å².